The zero-order valence-corrected chi connectivity index (χ0v) is 21.8. The van der Waals surface area contributed by atoms with E-state index < -0.39 is 5.63 Å². The number of aromatic nitrogens is 3. The highest BCUT2D eigenvalue weighted by molar-refractivity contribution is 6.06. The Bertz CT molecular complexity index is 1920. The Labute approximate surface area is 224 Å². The fourth-order valence-corrected chi connectivity index (χ4v) is 4.60. The highest BCUT2D eigenvalue weighted by Crippen LogP contribution is 2.25. The second-order valence-electron chi connectivity index (χ2n) is 9.91. The third-order valence-corrected chi connectivity index (χ3v) is 6.84. The molecule has 0 spiro atoms. The molecular formula is C32H26N4O3. The number of hydrogen-bond acceptors (Lipinski definition) is 5. The molecule has 39 heavy (non-hydrogen) atoms. The van der Waals surface area contributed by atoms with Gasteiger partial charge in [-0.15, -0.1) is 10.2 Å². The van der Waals surface area contributed by atoms with Crippen molar-refractivity contribution >= 4 is 33.6 Å². The zero-order valence-electron chi connectivity index (χ0n) is 21.8. The largest absolute Gasteiger partial charge is 0.422 e. The highest BCUT2D eigenvalue weighted by atomic mass is 16.4. The van der Waals surface area contributed by atoms with Gasteiger partial charge in [0.05, 0.1) is 11.3 Å². The molecule has 0 unspecified atom stereocenters. The predicted molar refractivity (Wildman–Crippen MR) is 154 cm³/mol. The Balaban J connectivity index is 1.28. The molecule has 1 N–H and O–H groups in total. The summed E-state index contributed by atoms with van der Waals surface area (Å²) < 4.78 is 5.48. The summed E-state index contributed by atoms with van der Waals surface area (Å²) in [5.41, 5.74) is 6.55. The lowest BCUT2D eigenvalue weighted by Gasteiger charge is -2.09. The van der Waals surface area contributed by atoms with Crippen LogP contribution in [0, 0.1) is 6.92 Å². The second-order valence-corrected chi connectivity index (χ2v) is 9.91. The van der Waals surface area contributed by atoms with Crippen LogP contribution in [0.5, 0.6) is 0 Å². The van der Waals surface area contributed by atoms with Crippen LogP contribution in [0.3, 0.4) is 0 Å². The number of fused-ring (bicyclic) bond motifs is 2. The third-order valence-electron chi connectivity index (χ3n) is 6.84. The third kappa shape index (κ3) is 4.70. The summed E-state index contributed by atoms with van der Waals surface area (Å²) in [5.74, 6) is 0.157. The van der Waals surface area contributed by atoms with E-state index in [9.17, 15) is 9.59 Å². The molecule has 0 saturated heterocycles. The maximum Gasteiger partial charge on any atom is 0.344 e. The molecule has 0 bridgehead atoms. The number of anilines is 1. The summed E-state index contributed by atoms with van der Waals surface area (Å²) >= 11 is 0. The molecular weight excluding hydrogens is 488 g/mol. The standard InChI is InChI=1S/C32H26N4O3/c1-19(2)21-11-13-25(14-12-21)36-34-28-15-20(3)27(18-29(28)35-36)33-31(37)24-9-6-8-22(16-24)26-17-23-7-4-5-10-30(23)39-32(26)38/h4-19H,1-3H3,(H,33,37). The number of benzene rings is 4. The van der Waals surface area contributed by atoms with Gasteiger partial charge in [-0.3, -0.25) is 4.79 Å². The van der Waals surface area contributed by atoms with Crippen molar-refractivity contribution in [1.29, 1.82) is 0 Å². The fourth-order valence-electron chi connectivity index (χ4n) is 4.60. The first kappa shape index (κ1) is 24.3. The van der Waals surface area contributed by atoms with Crippen molar-refractivity contribution < 1.29 is 9.21 Å². The maximum atomic E-state index is 13.2. The Morgan fingerprint density at radius 3 is 2.38 bits per heavy atom. The van der Waals surface area contributed by atoms with Crippen molar-refractivity contribution in [3.63, 3.8) is 0 Å². The number of amides is 1. The van der Waals surface area contributed by atoms with E-state index in [0.717, 1.165) is 22.2 Å². The average molecular weight is 515 g/mol. The molecule has 7 heteroatoms. The van der Waals surface area contributed by atoms with Crippen molar-refractivity contribution in [1.82, 2.24) is 15.0 Å². The molecule has 7 nitrogen and oxygen atoms in total. The molecule has 6 rings (SSSR count). The summed E-state index contributed by atoms with van der Waals surface area (Å²) in [6.07, 6.45) is 0. The van der Waals surface area contributed by atoms with Crippen LogP contribution in [0.2, 0.25) is 0 Å². The Morgan fingerprint density at radius 1 is 0.872 bits per heavy atom. The van der Waals surface area contributed by atoms with Gasteiger partial charge in [0, 0.05) is 16.6 Å². The van der Waals surface area contributed by atoms with Crippen LogP contribution in [-0.2, 0) is 0 Å². The lowest BCUT2D eigenvalue weighted by Crippen LogP contribution is -2.13. The molecule has 2 heterocycles. The number of para-hydroxylation sites is 1. The van der Waals surface area contributed by atoms with E-state index in [0.29, 0.717) is 39.4 Å². The van der Waals surface area contributed by atoms with Gasteiger partial charge in [-0.2, -0.15) is 4.80 Å². The number of hydrogen-bond donors (Lipinski definition) is 1. The smallest absolute Gasteiger partial charge is 0.344 e. The molecule has 1 amide bonds. The fraction of sp³-hybridized carbons (Fsp3) is 0.125. The van der Waals surface area contributed by atoms with E-state index in [2.05, 4.69) is 41.5 Å². The molecule has 0 fully saturated rings. The van der Waals surface area contributed by atoms with E-state index in [1.807, 2.05) is 49.4 Å². The molecule has 0 aliphatic carbocycles. The molecule has 0 radical (unpaired) electrons. The van der Waals surface area contributed by atoms with E-state index in [1.165, 1.54) is 5.56 Å². The molecule has 0 aliphatic rings. The van der Waals surface area contributed by atoms with Crippen LogP contribution < -0.4 is 10.9 Å². The second kappa shape index (κ2) is 9.68. The Kier molecular flexibility index (Phi) is 6.04. The molecule has 192 valence electrons. The average Bonchev–Trinajstić information content (AvgIpc) is 3.35. The molecule has 0 aliphatic heterocycles. The van der Waals surface area contributed by atoms with Gasteiger partial charge in [0.1, 0.15) is 16.6 Å². The lowest BCUT2D eigenvalue weighted by atomic mass is 10.0. The number of nitrogens with one attached hydrogen (secondary N) is 1. The topological polar surface area (TPSA) is 90.0 Å². The van der Waals surface area contributed by atoms with Crippen LogP contribution in [0.4, 0.5) is 5.69 Å². The van der Waals surface area contributed by atoms with Gasteiger partial charge in [0.25, 0.3) is 5.91 Å². The first-order chi connectivity index (χ1) is 18.9. The minimum Gasteiger partial charge on any atom is -0.422 e. The minimum absolute atomic E-state index is 0.291. The summed E-state index contributed by atoms with van der Waals surface area (Å²) in [4.78, 5) is 27.5. The number of carbonyl (C=O) groups excluding carboxylic acids is 1. The van der Waals surface area contributed by atoms with Gasteiger partial charge >= 0.3 is 5.63 Å². The number of aryl methyl sites for hydroxylation is 1. The molecule has 2 aromatic heterocycles. The first-order valence-electron chi connectivity index (χ1n) is 12.8. The maximum absolute atomic E-state index is 13.2. The summed E-state index contributed by atoms with van der Waals surface area (Å²) in [6.45, 7) is 6.23. The molecule has 6 aromatic rings. The van der Waals surface area contributed by atoms with Gasteiger partial charge < -0.3 is 9.73 Å². The van der Waals surface area contributed by atoms with Crippen molar-refractivity contribution in [2.45, 2.75) is 26.7 Å². The zero-order chi connectivity index (χ0) is 27.1. The van der Waals surface area contributed by atoms with Crippen LogP contribution in [0.15, 0.2) is 100 Å². The van der Waals surface area contributed by atoms with Gasteiger partial charge in [-0.1, -0.05) is 56.3 Å². The van der Waals surface area contributed by atoms with E-state index in [4.69, 9.17) is 4.42 Å². The predicted octanol–water partition coefficient (Wildman–Crippen LogP) is 6.88. The SMILES string of the molecule is Cc1cc2nn(-c3ccc(C(C)C)cc3)nc2cc1NC(=O)c1cccc(-c2cc3ccccc3oc2=O)c1. The highest BCUT2D eigenvalue weighted by Gasteiger charge is 2.14. The summed E-state index contributed by atoms with van der Waals surface area (Å²) in [6, 6.07) is 28.0. The van der Waals surface area contributed by atoms with Crippen LogP contribution in [-0.4, -0.2) is 20.9 Å². The molecule has 0 atom stereocenters. The number of rotatable bonds is 5. The van der Waals surface area contributed by atoms with E-state index >= 15 is 0 Å². The van der Waals surface area contributed by atoms with Crippen LogP contribution in [0.25, 0.3) is 38.8 Å². The van der Waals surface area contributed by atoms with Crippen molar-refractivity contribution in [2.24, 2.45) is 0 Å². The molecule has 0 saturated carbocycles. The van der Waals surface area contributed by atoms with Gasteiger partial charge in [-0.05, 0) is 78.1 Å². The Morgan fingerprint density at radius 2 is 1.62 bits per heavy atom. The van der Waals surface area contributed by atoms with Gasteiger partial charge in [0.2, 0.25) is 0 Å². The lowest BCUT2D eigenvalue weighted by molar-refractivity contribution is 0.102. The van der Waals surface area contributed by atoms with Crippen LogP contribution in [0.1, 0.15) is 41.3 Å². The first-order valence-corrected chi connectivity index (χ1v) is 12.8. The summed E-state index contributed by atoms with van der Waals surface area (Å²) in [7, 11) is 0. The van der Waals surface area contributed by atoms with Crippen molar-refractivity contribution in [2.75, 3.05) is 5.32 Å². The monoisotopic (exact) mass is 514 g/mol. The van der Waals surface area contributed by atoms with E-state index in [-0.39, 0.29) is 5.91 Å². The minimum atomic E-state index is -0.450. The Hall–Kier alpha value is -5.04. The quantitative estimate of drug-likeness (QED) is 0.253. The number of carbonyl (C=O) groups is 1. The molecule has 4 aromatic carbocycles. The summed E-state index contributed by atoms with van der Waals surface area (Å²) in [5, 5.41) is 13.1. The normalized spacial score (nSPS) is 11.4. The van der Waals surface area contributed by atoms with E-state index in [1.54, 1.807) is 41.2 Å². The van der Waals surface area contributed by atoms with Gasteiger partial charge in [0.15, 0.2) is 0 Å². The van der Waals surface area contributed by atoms with Crippen molar-refractivity contribution in [3.8, 4) is 16.8 Å². The van der Waals surface area contributed by atoms with Gasteiger partial charge in [-0.25, -0.2) is 4.79 Å². The van der Waals surface area contributed by atoms with Crippen LogP contribution >= 0.6 is 0 Å². The number of nitrogens with zero attached hydrogens (tertiary/aromatic N) is 3. The van der Waals surface area contributed by atoms with Crippen molar-refractivity contribution in [3.05, 3.63) is 118 Å².